The van der Waals surface area contributed by atoms with Gasteiger partial charge >= 0.3 is 12.1 Å². The summed E-state index contributed by atoms with van der Waals surface area (Å²) in [6.45, 7) is 2.36. The molecule has 3 nitrogen and oxygen atoms in total. The van der Waals surface area contributed by atoms with Crippen molar-refractivity contribution < 1.29 is 18.0 Å². The predicted molar refractivity (Wildman–Crippen MR) is 47.1 cm³/mol. The second kappa shape index (κ2) is 3.37. The maximum atomic E-state index is 12.2. The standard InChI is InChI=1S/C9H13F3N2O/c1-5-2-6-3-14(4-7(5)13-6)8(15)9(10,11)12/h5-7,13H,2-4H2,1H3/t5-,6?,7?/m1/s1. The predicted octanol–water partition coefficient (Wildman–Crippen LogP) is 0.758. The fourth-order valence-corrected chi connectivity index (χ4v) is 2.43. The Morgan fingerprint density at radius 3 is 2.60 bits per heavy atom. The molecule has 0 saturated carbocycles. The van der Waals surface area contributed by atoms with Crippen molar-refractivity contribution in [3.8, 4) is 0 Å². The van der Waals surface area contributed by atoms with Gasteiger partial charge in [-0.3, -0.25) is 4.79 Å². The molecule has 2 fully saturated rings. The normalized spacial score (nSPS) is 35.7. The summed E-state index contributed by atoms with van der Waals surface area (Å²) in [6, 6.07) is 0.0556. The first-order valence-corrected chi connectivity index (χ1v) is 5.00. The lowest BCUT2D eigenvalue weighted by molar-refractivity contribution is -0.186. The summed E-state index contributed by atoms with van der Waals surface area (Å²) < 4.78 is 36.6. The molecule has 6 heteroatoms. The van der Waals surface area contributed by atoms with Gasteiger partial charge in [-0.05, 0) is 12.3 Å². The van der Waals surface area contributed by atoms with Crippen LogP contribution in [0.4, 0.5) is 13.2 Å². The number of nitrogens with zero attached hydrogens (tertiary/aromatic N) is 1. The zero-order valence-corrected chi connectivity index (χ0v) is 8.34. The fourth-order valence-electron chi connectivity index (χ4n) is 2.43. The number of hydrogen-bond donors (Lipinski definition) is 1. The van der Waals surface area contributed by atoms with Gasteiger partial charge in [-0.15, -0.1) is 0 Å². The quantitative estimate of drug-likeness (QED) is 0.656. The molecule has 2 aliphatic rings. The second-order valence-corrected chi connectivity index (χ2v) is 4.39. The third kappa shape index (κ3) is 1.95. The van der Waals surface area contributed by atoms with Crippen molar-refractivity contribution in [3.63, 3.8) is 0 Å². The molecule has 0 aromatic carbocycles. The summed E-state index contributed by atoms with van der Waals surface area (Å²) in [4.78, 5) is 11.9. The lowest BCUT2D eigenvalue weighted by Crippen LogP contribution is -2.56. The number of carbonyl (C=O) groups is 1. The fraction of sp³-hybridized carbons (Fsp3) is 0.889. The Morgan fingerprint density at radius 2 is 2.07 bits per heavy atom. The minimum absolute atomic E-state index is 0.0232. The van der Waals surface area contributed by atoms with Crippen LogP contribution in [-0.4, -0.2) is 42.2 Å². The van der Waals surface area contributed by atoms with E-state index in [0.29, 0.717) is 5.92 Å². The van der Waals surface area contributed by atoms with Gasteiger partial charge in [0.1, 0.15) is 0 Å². The molecule has 0 spiro atoms. The lowest BCUT2D eigenvalue weighted by Gasteiger charge is -2.33. The Kier molecular flexibility index (Phi) is 2.41. The van der Waals surface area contributed by atoms with Crippen LogP contribution >= 0.6 is 0 Å². The molecule has 0 radical (unpaired) electrons. The van der Waals surface area contributed by atoms with Crippen LogP contribution in [0.1, 0.15) is 13.3 Å². The first-order chi connectivity index (χ1) is 6.88. The van der Waals surface area contributed by atoms with Crippen LogP contribution in [0.25, 0.3) is 0 Å². The molecule has 0 aromatic heterocycles. The van der Waals surface area contributed by atoms with Crippen LogP contribution in [-0.2, 0) is 4.79 Å². The highest BCUT2D eigenvalue weighted by Gasteiger charge is 2.47. The zero-order valence-electron chi connectivity index (χ0n) is 8.34. The third-order valence-electron chi connectivity index (χ3n) is 3.18. The Labute approximate surface area is 85.6 Å². The van der Waals surface area contributed by atoms with E-state index in [4.69, 9.17) is 0 Å². The summed E-state index contributed by atoms with van der Waals surface area (Å²) in [5, 5.41) is 3.22. The molecule has 2 heterocycles. The number of hydrogen-bond acceptors (Lipinski definition) is 2. The van der Waals surface area contributed by atoms with E-state index in [1.54, 1.807) is 0 Å². The van der Waals surface area contributed by atoms with E-state index in [1.807, 2.05) is 6.92 Å². The lowest BCUT2D eigenvalue weighted by atomic mass is 10.0. The van der Waals surface area contributed by atoms with Gasteiger partial charge in [-0.25, -0.2) is 0 Å². The Balaban J connectivity index is 2.05. The maximum absolute atomic E-state index is 12.2. The number of halogens is 3. The largest absolute Gasteiger partial charge is 0.471 e. The zero-order chi connectivity index (χ0) is 11.2. The van der Waals surface area contributed by atoms with Gasteiger partial charge in [0, 0.05) is 25.2 Å². The van der Waals surface area contributed by atoms with E-state index < -0.39 is 12.1 Å². The van der Waals surface area contributed by atoms with Crippen molar-refractivity contribution in [1.82, 2.24) is 10.2 Å². The number of rotatable bonds is 0. The smallest absolute Gasteiger partial charge is 0.332 e. The summed E-state index contributed by atoms with van der Waals surface area (Å²) in [7, 11) is 0. The molecule has 86 valence electrons. The van der Waals surface area contributed by atoms with E-state index in [-0.39, 0.29) is 25.2 Å². The van der Waals surface area contributed by atoms with Crippen LogP contribution in [0.3, 0.4) is 0 Å². The summed E-state index contributed by atoms with van der Waals surface area (Å²) in [5.41, 5.74) is 0. The SMILES string of the molecule is C[C@@H]1CC2CN(C(=O)C(F)(F)F)CC1N2. The van der Waals surface area contributed by atoms with Gasteiger partial charge < -0.3 is 10.2 Å². The highest BCUT2D eigenvalue weighted by molar-refractivity contribution is 5.82. The van der Waals surface area contributed by atoms with Crippen molar-refractivity contribution in [2.24, 2.45) is 5.92 Å². The number of fused-ring (bicyclic) bond motifs is 2. The van der Waals surface area contributed by atoms with E-state index in [1.165, 1.54) is 0 Å². The van der Waals surface area contributed by atoms with Crippen LogP contribution in [0.5, 0.6) is 0 Å². The highest BCUT2D eigenvalue weighted by atomic mass is 19.4. The summed E-state index contributed by atoms with van der Waals surface area (Å²) in [5.74, 6) is -1.35. The maximum Gasteiger partial charge on any atom is 0.471 e. The summed E-state index contributed by atoms with van der Waals surface area (Å²) >= 11 is 0. The van der Waals surface area contributed by atoms with Crippen molar-refractivity contribution in [2.75, 3.05) is 13.1 Å². The van der Waals surface area contributed by atoms with Crippen molar-refractivity contribution in [1.29, 1.82) is 0 Å². The average molecular weight is 222 g/mol. The van der Waals surface area contributed by atoms with Crippen LogP contribution in [0.15, 0.2) is 0 Å². The topological polar surface area (TPSA) is 32.3 Å². The summed E-state index contributed by atoms with van der Waals surface area (Å²) in [6.07, 6.45) is -3.88. The Morgan fingerprint density at radius 1 is 1.40 bits per heavy atom. The molecule has 2 rings (SSSR count). The molecule has 0 aromatic rings. The van der Waals surface area contributed by atoms with Crippen LogP contribution in [0, 0.1) is 5.92 Å². The molecule has 2 aliphatic heterocycles. The Bertz CT molecular complexity index is 277. The van der Waals surface area contributed by atoms with Gasteiger partial charge in [0.25, 0.3) is 0 Å². The number of piperazine rings is 1. The van der Waals surface area contributed by atoms with Gasteiger partial charge in [0.05, 0.1) is 0 Å². The van der Waals surface area contributed by atoms with Gasteiger partial charge in [-0.2, -0.15) is 13.2 Å². The van der Waals surface area contributed by atoms with Crippen LogP contribution < -0.4 is 5.32 Å². The molecule has 2 saturated heterocycles. The molecule has 1 N–H and O–H groups in total. The molecule has 3 atom stereocenters. The molecular formula is C9H13F3N2O. The minimum Gasteiger partial charge on any atom is -0.332 e. The van der Waals surface area contributed by atoms with Crippen LogP contribution in [0.2, 0.25) is 0 Å². The number of alkyl halides is 3. The number of likely N-dealkylation sites (tertiary alicyclic amines) is 1. The molecule has 2 unspecified atom stereocenters. The molecular weight excluding hydrogens is 209 g/mol. The van der Waals surface area contributed by atoms with E-state index in [2.05, 4.69) is 5.32 Å². The monoisotopic (exact) mass is 222 g/mol. The van der Waals surface area contributed by atoms with E-state index in [0.717, 1.165) is 11.3 Å². The minimum atomic E-state index is -4.74. The van der Waals surface area contributed by atoms with Crippen molar-refractivity contribution in [2.45, 2.75) is 31.6 Å². The average Bonchev–Trinajstić information content (AvgIpc) is 2.38. The van der Waals surface area contributed by atoms with Gasteiger partial charge in [-0.1, -0.05) is 6.92 Å². The van der Waals surface area contributed by atoms with E-state index >= 15 is 0 Å². The van der Waals surface area contributed by atoms with Gasteiger partial charge in [0.15, 0.2) is 0 Å². The first-order valence-electron chi connectivity index (χ1n) is 5.00. The number of nitrogens with one attached hydrogen (secondary N) is 1. The molecule has 1 amide bonds. The van der Waals surface area contributed by atoms with Gasteiger partial charge in [0.2, 0.25) is 0 Å². The second-order valence-electron chi connectivity index (χ2n) is 4.39. The van der Waals surface area contributed by atoms with Crippen molar-refractivity contribution >= 4 is 5.91 Å². The first kappa shape index (κ1) is 10.7. The highest BCUT2D eigenvalue weighted by Crippen LogP contribution is 2.28. The molecule has 0 aliphatic carbocycles. The molecule has 2 bridgehead atoms. The number of amides is 1. The number of carbonyl (C=O) groups excluding carboxylic acids is 1. The van der Waals surface area contributed by atoms with E-state index in [9.17, 15) is 18.0 Å². The Hall–Kier alpha value is -0.780. The molecule has 15 heavy (non-hydrogen) atoms. The van der Waals surface area contributed by atoms with Crippen molar-refractivity contribution in [3.05, 3.63) is 0 Å². The third-order valence-corrected chi connectivity index (χ3v) is 3.18.